The molecule has 1 fully saturated rings. The first-order valence-electron chi connectivity index (χ1n) is 10.9. The van der Waals surface area contributed by atoms with Crippen molar-refractivity contribution in [2.24, 2.45) is 11.8 Å². The van der Waals surface area contributed by atoms with Crippen LogP contribution < -0.4 is 10.1 Å². The summed E-state index contributed by atoms with van der Waals surface area (Å²) in [5.41, 5.74) is 2.48. The van der Waals surface area contributed by atoms with Gasteiger partial charge in [0.15, 0.2) is 0 Å². The summed E-state index contributed by atoms with van der Waals surface area (Å²) in [5, 5.41) is 4.61. The van der Waals surface area contributed by atoms with Crippen LogP contribution in [0.25, 0.3) is 10.9 Å². The number of amides is 2. The molecule has 0 spiro atoms. The van der Waals surface area contributed by atoms with Crippen molar-refractivity contribution in [3.8, 4) is 5.75 Å². The molecule has 2 N–H and O–H groups in total. The van der Waals surface area contributed by atoms with Crippen LogP contribution >= 0.6 is 11.6 Å². The number of hydrogen-bond donors (Lipinski definition) is 2. The van der Waals surface area contributed by atoms with E-state index in [0.717, 1.165) is 35.1 Å². The van der Waals surface area contributed by atoms with Gasteiger partial charge in [0, 0.05) is 41.5 Å². The first kappa shape index (κ1) is 22.2. The Labute approximate surface area is 192 Å². The van der Waals surface area contributed by atoms with Gasteiger partial charge in [0.05, 0.1) is 7.11 Å². The molecule has 2 amide bonds. The number of halogens is 1. The number of benzene rings is 2. The van der Waals surface area contributed by atoms with Crippen molar-refractivity contribution in [3.05, 3.63) is 64.8 Å². The van der Waals surface area contributed by atoms with E-state index < -0.39 is 0 Å². The molecule has 1 aliphatic heterocycles. The Morgan fingerprint density at radius 3 is 2.72 bits per heavy atom. The highest BCUT2D eigenvalue weighted by atomic mass is 35.5. The van der Waals surface area contributed by atoms with E-state index in [1.807, 2.05) is 54.3 Å². The third-order valence-electron chi connectivity index (χ3n) is 6.36. The van der Waals surface area contributed by atoms with E-state index >= 15 is 0 Å². The molecule has 168 valence electrons. The van der Waals surface area contributed by atoms with Gasteiger partial charge in [-0.05, 0) is 60.7 Å². The number of ether oxygens (including phenoxy) is 1. The van der Waals surface area contributed by atoms with Gasteiger partial charge in [0.25, 0.3) is 5.91 Å². The van der Waals surface area contributed by atoms with Crippen LogP contribution in [0.15, 0.2) is 48.5 Å². The van der Waals surface area contributed by atoms with E-state index in [2.05, 4.69) is 10.3 Å². The molecular formula is C25H28ClN3O3. The number of fused-ring (bicyclic) bond motifs is 1. The van der Waals surface area contributed by atoms with Crippen molar-refractivity contribution < 1.29 is 14.3 Å². The lowest BCUT2D eigenvalue weighted by molar-refractivity contribution is -0.126. The highest BCUT2D eigenvalue weighted by Gasteiger charge is 2.30. The van der Waals surface area contributed by atoms with Crippen LogP contribution in [0, 0.1) is 11.8 Å². The average Bonchev–Trinajstić information content (AvgIpc) is 3.25. The van der Waals surface area contributed by atoms with Crippen LogP contribution in [0.2, 0.25) is 5.02 Å². The second kappa shape index (κ2) is 9.65. The third kappa shape index (κ3) is 4.91. The molecule has 7 heteroatoms. The normalized spacial score (nSPS) is 15.5. The standard InChI is InChI=1S/C25H28ClN3O3/c1-16(24(30)27-15-17-4-3-5-21(12-17)32-2)18-8-10-29(11-9-18)25(31)23-14-19-13-20(26)6-7-22(19)28-23/h3-7,12-14,16,18,28H,8-11,15H2,1-2H3,(H,27,30)/t16-/m1/s1. The first-order valence-corrected chi connectivity index (χ1v) is 11.3. The minimum absolute atomic E-state index is 0.00842. The molecule has 0 aliphatic carbocycles. The molecule has 1 aliphatic rings. The molecule has 1 aromatic heterocycles. The Balaban J connectivity index is 1.30. The fraction of sp³-hybridized carbons (Fsp3) is 0.360. The van der Waals surface area contributed by atoms with Gasteiger partial charge in [-0.3, -0.25) is 9.59 Å². The molecule has 2 heterocycles. The van der Waals surface area contributed by atoms with E-state index in [0.29, 0.717) is 30.4 Å². The van der Waals surface area contributed by atoms with E-state index in [-0.39, 0.29) is 23.7 Å². The van der Waals surface area contributed by atoms with Crippen molar-refractivity contribution in [3.63, 3.8) is 0 Å². The number of rotatable bonds is 6. The molecule has 0 radical (unpaired) electrons. The van der Waals surface area contributed by atoms with E-state index in [4.69, 9.17) is 16.3 Å². The Morgan fingerprint density at radius 1 is 1.19 bits per heavy atom. The second-order valence-corrected chi connectivity index (χ2v) is 8.84. The lowest BCUT2D eigenvalue weighted by atomic mass is 9.84. The summed E-state index contributed by atoms with van der Waals surface area (Å²) in [6.45, 7) is 3.74. The van der Waals surface area contributed by atoms with Crippen molar-refractivity contribution in [1.82, 2.24) is 15.2 Å². The number of aromatic nitrogens is 1. The van der Waals surface area contributed by atoms with E-state index in [1.54, 1.807) is 13.2 Å². The molecule has 0 unspecified atom stereocenters. The van der Waals surface area contributed by atoms with Crippen LogP contribution in [-0.4, -0.2) is 41.9 Å². The van der Waals surface area contributed by atoms with Crippen molar-refractivity contribution in [2.45, 2.75) is 26.3 Å². The number of carbonyl (C=O) groups excluding carboxylic acids is 2. The minimum Gasteiger partial charge on any atom is -0.497 e. The third-order valence-corrected chi connectivity index (χ3v) is 6.60. The fourth-order valence-corrected chi connectivity index (χ4v) is 4.52. The lowest BCUT2D eigenvalue weighted by Crippen LogP contribution is -2.42. The summed E-state index contributed by atoms with van der Waals surface area (Å²) in [6.07, 6.45) is 1.62. The molecule has 6 nitrogen and oxygen atoms in total. The summed E-state index contributed by atoms with van der Waals surface area (Å²) >= 11 is 6.05. The second-order valence-electron chi connectivity index (χ2n) is 8.40. The number of likely N-dealkylation sites (tertiary alicyclic amines) is 1. The maximum Gasteiger partial charge on any atom is 0.270 e. The SMILES string of the molecule is COc1cccc(CNC(=O)[C@H](C)C2CCN(C(=O)c3cc4cc(Cl)ccc4[nH]3)CC2)c1. The summed E-state index contributed by atoms with van der Waals surface area (Å²) in [6, 6.07) is 15.1. The van der Waals surface area contributed by atoms with Gasteiger partial charge in [-0.25, -0.2) is 0 Å². The number of nitrogens with zero attached hydrogens (tertiary/aromatic N) is 1. The molecule has 4 rings (SSSR count). The maximum atomic E-state index is 12.9. The van der Waals surface area contributed by atoms with Gasteiger partial charge in [-0.2, -0.15) is 0 Å². The van der Waals surface area contributed by atoms with Crippen LogP contribution in [0.4, 0.5) is 0 Å². The topological polar surface area (TPSA) is 74.4 Å². The molecule has 0 saturated carbocycles. The molecular weight excluding hydrogens is 426 g/mol. The molecule has 32 heavy (non-hydrogen) atoms. The van der Waals surface area contributed by atoms with E-state index in [1.165, 1.54) is 0 Å². The zero-order valence-corrected chi connectivity index (χ0v) is 19.1. The van der Waals surface area contributed by atoms with Crippen LogP contribution in [0.1, 0.15) is 35.8 Å². The predicted octanol–water partition coefficient (Wildman–Crippen LogP) is 4.63. The summed E-state index contributed by atoms with van der Waals surface area (Å²) < 4.78 is 5.23. The number of hydrogen-bond acceptors (Lipinski definition) is 3. The van der Waals surface area contributed by atoms with Gasteiger partial charge in [0.2, 0.25) is 5.91 Å². The fourth-order valence-electron chi connectivity index (χ4n) is 4.34. The number of aromatic amines is 1. The maximum absolute atomic E-state index is 12.9. The van der Waals surface area contributed by atoms with E-state index in [9.17, 15) is 9.59 Å². The van der Waals surface area contributed by atoms with Gasteiger partial charge >= 0.3 is 0 Å². The van der Waals surface area contributed by atoms with Gasteiger partial charge in [-0.1, -0.05) is 30.7 Å². The number of H-pyrrole nitrogens is 1. The number of piperidine rings is 1. The Hall–Kier alpha value is -2.99. The van der Waals surface area contributed by atoms with Gasteiger partial charge in [-0.15, -0.1) is 0 Å². The van der Waals surface area contributed by atoms with Gasteiger partial charge in [0.1, 0.15) is 11.4 Å². The zero-order chi connectivity index (χ0) is 22.7. The van der Waals surface area contributed by atoms with Crippen molar-refractivity contribution in [2.75, 3.05) is 20.2 Å². The Morgan fingerprint density at radius 2 is 1.97 bits per heavy atom. The molecule has 3 aromatic rings. The molecule has 2 aromatic carbocycles. The highest BCUT2D eigenvalue weighted by molar-refractivity contribution is 6.31. The summed E-state index contributed by atoms with van der Waals surface area (Å²) in [5.74, 6) is 0.967. The van der Waals surface area contributed by atoms with Gasteiger partial charge < -0.3 is 19.9 Å². The van der Waals surface area contributed by atoms with Crippen LogP contribution in [0.5, 0.6) is 5.75 Å². The molecule has 0 bridgehead atoms. The first-order chi connectivity index (χ1) is 15.4. The number of methoxy groups -OCH3 is 1. The average molecular weight is 454 g/mol. The molecule has 1 saturated heterocycles. The largest absolute Gasteiger partial charge is 0.497 e. The Bertz CT molecular complexity index is 1120. The smallest absolute Gasteiger partial charge is 0.270 e. The van der Waals surface area contributed by atoms with Crippen LogP contribution in [0.3, 0.4) is 0 Å². The lowest BCUT2D eigenvalue weighted by Gasteiger charge is -2.34. The quantitative estimate of drug-likeness (QED) is 0.571. The Kier molecular flexibility index (Phi) is 6.70. The summed E-state index contributed by atoms with van der Waals surface area (Å²) in [4.78, 5) is 30.7. The minimum atomic E-state index is -0.104. The molecule has 1 atom stereocenters. The number of nitrogens with one attached hydrogen (secondary N) is 2. The predicted molar refractivity (Wildman–Crippen MR) is 126 cm³/mol. The van der Waals surface area contributed by atoms with Crippen molar-refractivity contribution >= 4 is 34.3 Å². The van der Waals surface area contributed by atoms with Crippen molar-refractivity contribution in [1.29, 1.82) is 0 Å². The zero-order valence-electron chi connectivity index (χ0n) is 18.4. The number of carbonyl (C=O) groups is 2. The monoisotopic (exact) mass is 453 g/mol. The summed E-state index contributed by atoms with van der Waals surface area (Å²) in [7, 11) is 1.63. The highest BCUT2D eigenvalue weighted by Crippen LogP contribution is 2.27. The van der Waals surface area contributed by atoms with Crippen LogP contribution in [-0.2, 0) is 11.3 Å².